The highest BCUT2D eigenvalue weighted by atomic mass is 35.5. The summed E-state index contributed by atoms with van der Waals surface area (Å²) in [5.74, 6) is -2.98. The topological polar surface area (TPSA) is 127 Å². The predicted octanol–water partition coefficient (Wildman–Crippen LogP) is 4.86. The highest BCUT2D eigenvalue weighted by Crippen LogP contribution is 2.31. The molecular weight excluding hydrogens is 545 g/mol. The first-order valence-electron chi connectivity index (χ1n) is 12.3. The second kappa shape index (κ2) is 12.6. The van der Waals surface area contributed by atoms with Crippen LogP contribution in [0.15, 0.2) is 66.9 Å². The number of fused-ring (bicyclic) bond motifs is 1. The summed E-state index contributed by atoms with van der Waals surface area (Å²) in [6.45, 7) is 0.0545. The molecule has 2 amide bonds. The fourth-order valence-corrected chi connectivity index (χ4v) is 4.64. The number of benzene rings is 3. The van der Waals surface area contributed by atoms with Crippen molar-refractivity contribution in [3.05, 3.63) is 100 Å². The van der Waals surface area contributed by atoms with Crippen LogP contribution in [-0.2, 0) is 16.0 Å². The largest absolute Gasteiger partial charge is 0.370 e. The van der Waals surface area contributed by atoms with E-state index in [1.54, 1.807) is 12.3 Å². The van der Waals surface area contributed by atoms with Crippen molar-refractivity contribution in [1.29, 1.82) is 5.41 Å². The molecule has 0 aliphatic heterocycles. The van der Waals surface area contributed by atoms with Crippen LogP contribution in [0, 0.1) is 22.9 Å². The molecule has 0 spiro atoms. The molecule has 1 unspecified atom stereocenters. The molecule has 6 N–H and O–H groups in total. The van der Waals surface area contributed by atoms with Gasteiger partial charge < -0.3 is 26.3 Å². The lowest BCUT2D eigenvalue weighted by Crippen LogP contribution is -2.44. The summed E-state index contributed by atoms with van der Waals surface area (Å²) in [4.78, 5) is 31.6. The summed E-state index contributed by atoms with van der Waals surface area (Å²) in [5, 5.41) is 13.3. The van der Waals surface area contributed by atoms with Gasteiger partial charge in [0, 0.05) is 52.9 Å². The fourth-order valence-electron chi connectivity index (χ4n) is 4.37. The number of nitrogens with two attached hydrogens (primary N) is 1. The number of aromatic nitrogens is 1. The Balaban J connectivity index is 1.71. The van der Waals surface area contributed by atoms with Gasteiger partial charge >= 0.3 is 0 Å². The van der Waals surface area contributed by atoms with Gasteiger partial charge in [-0.05, 0) is 66.6 Å². The van der Waals surface area contributed by atoms with Crippen molar-refractivity contribution in [2.45, 2.75) is 18.9 Å². The van der Waals surface area contributed by atoms with Crippen LogP contribution < -0.4 is 16.4 Å². The summed E-state index contributed by atoms with van der Waals surface area (Å²) in [7, 11) is 0. The van der Waals surface area contributed by atoms with Crippen LogP contribution in [0.4, 0.5) is 18.9 Å². The van der Waals surface area contributed by atoms with Crippen LogP contribution in [0.25, 0.3) is 10.9 Å². The van der Waals surface area contributed by atoms with E-state index in [9.17, 15) is 22.8 Å². The lowest BCUT2D eigenvalue weighted by Gasteiger charge is -2.32. The number of carbonyl (C=O) groups excluding carboxylic acids is 2. The molecule has 4 aromatic rings. The van der Waals surface area contributed by atoms with Gasteiger partial charge in [-0.2, -0.15) is 0 Å². The molecule has 1 atom stereocenters. The number of amides is 2. The van der Waals surface area contributed by atoms with E-state index < -0.39 is 35.3 Å². The third-order valence-electron chi connectivity index (χ3n) is 6.26. The number of nitrogens with zero attached hydrogens (tertiary/aromatic N) is 1. The second-order valence-corrected chi connectivity index (χ2v) is 9.40. The Hall–Kier alpha value is -4.51. The zero-order valence-electron chi connectivity index (χ0n) is 21.1. The number of guanidine groups is 1. The Morgan fingerprint density at radius 2 is 1.68 bits per heavy atom. The maximum absolute atomic E-state index is 13.9. The average molecular weight is 571 g/mol. The third kappa shape index (κ3) is 6.92. The summed E-state index contributed by atoms with van der Waals surface area (Å²) in [6, 6.07) is 11.6. The SMILES string of the molecule is N=C(N)NCCC(=O)N(CCc1c[nH]c2cc(F)ccc12)C(C(=O)Nc1ccc(F)cc1)c1ccc(F)cc1Cl. The number of nitrogens with one attached hydrogen (secondary N) is 4. The molecule has 0 aliphatic carbocycles. The summed E-state index contributed by atoms with van der Waals surface area (Å²) in [6.07, 6.45) is 1.84. The maximum Gasteiger partial charge on any atom is 0.251 e. The van der Waals surface area contributed by atoms with Gasteiger partial charge in [-0.3, -0.25) is 15.0 Å². The number of halogens is 4. The Morgan fingerprint density at radius 3 is 2.38 bits per heavy atom. The zero-order chi connectivity index (χ0) is 28.8. The Bertz CT molecular complexity index is 1540. The van der Waals surface area contributed by atoms with Crippen LogP contribution >= 0.6 is 11.6 Å². The highest BCUT2D eigenvalue weighted by Gasteiger charge is 2.33. The van der Waals surface area contributed by atoms with Gasteiger partial charge in [0.15, 0.2) is 5.96 Å². The van der Waals surface area contributed by atoms with Crippen LogP contribution in [0.5, 0.6) is 0 Å². The molecule has 0 saturated carbocycles. The van der Waals surface area contributed by atoms with Crippen molar-refractivity contribution in [1.82, 2.24) is 15.2 Å². The maximum atomic E-state index is 13.9. The van der Waals surface area contributed by atoms with Crippen LogP contribution in [0.1, 0.15) is 23.6 Å². The molecular formula is C28H26ClF3N6O2. The van der Waals surface area contributed by atoms with E-state index in [-0.39, 0.29) is 48.2 Å². The van der Waals surface area contributed by atoms with Gasteiger partial charge in [0.2, 0.25) is 5.91 Å². The van der Waals surface area contributed by atoms with Gasteiger partial charge in [-0.25, -0.2) is 13.2 Å². The molecule has 1 heterocycles. The van der Waals surface area contributed by atoms with Gasteiger partial charge in [-0.1, -0.05) is 17.7 Å². The predicted molar refractivity (Wildman–Crippen MR) is 147 cm³/mol. The van der Waals surface area contributed by atoms with Gasteiger partial charge in [0.25, 0.3) is 5.91 Å². The lowest BCUT2D eigenvalue weighted by molar-refractivity contribution is -0.138. The first kappa shape index (κ1) is 28.5. The molecule has 40 heavy (non-hydrogen) atoms. The average Bonchev–Trinajstić information content (AvgIpc) is 3.30. The van der Waals surface area contributed by atoms with Crippen molar-refractivity contribution in [2.24, 2.45) is 5.73 Å². The first-order valence-corrected chi connectivity index (χ1v) is 12.6. The van der Waals surface area contributed by atoms with Gasteiger partial charge in [0.1, 0.15) is 23.5 Å². The van der Waals surface area contributed by atoms with Crippen molar-refractivity contribution in [3.63, 3.8) is 0 Å². The molecule has 12 heteroatoms. The first-order chi connectivity index (χ1) is 19.1. The molecule has 4 rings (SSSR count). The molecule has 0 fully saturated rings. The molecule has 0 bridgehead atoms. The quantitative estimate of drug-likeness (QED) is 0.138. The van der Waals surface area contributed by atoms with Crippen LogP contribution in [0.2, 0.25) is 5.02 Å². The molecule has 8 nitrogen and oxygen atoms in total. The molecule has 0 aliphatic rings. The monoisotopic (exact) mass is 570 g/mol. The molecule has 1 aromatic heterocycles. The summed E-state index contributed by atoms with van der Waals surface area (Å²) >= 11 is 6.37. The second-order valence-electron chi connectivity index (χ2n) is 9.00. The number of anilines is 1. The standard InChI is InChI=1S/C28H26ClF3N6O2/c29-23-13-18(31)4-8-22(23)26(27(40)37-20-5-1-17(30)2-6-20)38(25(39)9-11-35-28(33)34)12-10-16-15-36-24-14-19(32)3-7-21(16)24/h1-8,13-15,26,36H,9-12H2,(H,37,40)(H4,33,34,35). The van der Waals surface area contributed by atoms with Gasteiger partial charge in [0.05, 0.1) is 0 Å². The Labute approximate surface area is 232 Å². The van der Waals surface area contributed by atoms with E-state index in [4.69, 9.17) is 22.7 Å². The van der Waals surface area contributed by atoms with Crippen molar-refractivity contribution >= 4 is 46.0 Å². The summed E-state index contributed by atoms with van der Waals surface area (Å²) < 4.78 is 41.1. The van der Waals surface area contributed by atoms with Crippen molar-refractivity contribution < 1.29 is 22.8 Å². The number of aromatic amines is 1. The highest BCUT2D eigenvalue weighted by molar-refractivity contribution is 6.31. The summed E-state index contributed by atoms with van der Waals surface area (Å²) in [5.41, 5.74) is 7.15. The van der Waals surface area contributed by atoms with E-state index in [1.807, 2.05) is 0 Å². The molecule has 0 radical (unpaired) electrons. The number of rotatable bonds is 10. The number of carbonyl (C=O) groups is 2. The van der Waals surface area contributed by atoms with Crippen molar-refractivity contribution in [2.75, 3.05) is 18.4 Å². The molecule has 208 valence electrons. The van der Waals surface area contributed by atoms with E-state index in [1.165, 1.54) is 47.4 Å². The minimum atomic E-state index is -1.30. The Morgan fingerprint density at radius 1 is 1.00 bits per heavy atom. The minimum absolute atomic E-state index is 0.0262. The van der Waals surface area contributed by atoms with Crippen LogP contribution in [0.3, 0.4) is 0 Å². The Kier molecular flexibility index (Phi) is 8.95. The third-order valence-corrected chi connectivity index (χ3v) is 6.58. The molecule has 0 saturated heterocycles. The number of hydrogen-bond donors (Lipinski definition) is 5. The molecule has 3 aromatic carbocycles. The number of H-pyrrole nitrogens is 1. The van der Waals surface area contributed by atoms with Crippen molar-refractivity contribution in [3.8, 4) is 0 Å². The fraction of sp³-hybridized carbons (Fsp3) is 0.179. The van der Waals surface area contributed by atoms with E-state index in [0.29, 0.717) is 5.52 Å². The van der Waals surface area contributed by atoms with Gasteiger partial charge in [-0.15, -0.1) is 0 Å². The van der Waals surface area contributed by atoms with E-state index >= 15 is 0 Å². The zero-order valence-corrected chi connectivity index (χ0v) is 21.9. The number of hydrogen-bond acceptors (Lipinski definition) is 3. The normalized spacial score (nSPS) is 11.7. The van der Waals surface area contributed by atoms with Crippen LogP contribution in [-0.4, -0.2) is 40.7 Å². The minimum Gasteiger partial charge on any atom is -0.370 e. The smallest absolute Gasteiger partial charge is 0.251 e. The van der Waals surface area contributed by atoms with E-state index in [2.05, 4.69) is 15.6 Å². The van der Waals surface area contributed by atoms with E-state index in [0.717, 1.165) is 23.1 Å². The lowest BCUT2D eigenvalue weighted by atomic mass is 10.0.